The molecule has 1 fully saturated rings. The van der Waals surface area contributed by atoms with Gasteiger partial charge in [0.25, 0.3) is 0 Å². The van der Waals surface area contributed by atoms with Gasteiger partial charge in [-0.3, -0.25) is 4.98 Å². The number of hydrogen-bond donors (Lipinski definition) is 0. The van der Waals surface area contributed by atoms with Crippen molar-refractivity contribution in [3.05, 3.63) is 52.3 Å². The van der Waals surface area contributed by atoms with Crippen LogP contribution in [0.1, 0.15) is 40.4 Å². The summed E-state index contributed by atoms with van der Waals surface area (Å²) in [4.78, 5) is 17.7. The van der Waals surface area contributed by atoms with E-state index in [-0.39, 0.29) is 28.3 Å². The third-order valence-corrected chi connectivity index (χ3v) is 5.56. The average Bonchev–Trinajstić information content (AvgIpc) is 3.16. The van der Waals surface area contributed by atoms with Crippen LogP contribution in [0.15, 0.2) is 35.0 Å². The van der Waals surface area contributed by atoms with Gasteiger partial charge in [-0.25, -0.2) is 4.79 Å². The maximum absolute atomic E-state index is 13.4. The van der Waals surface area contributed by atoms with E-state index in [9.17, 15) is 18.0 Å². The van der Waals surface area contributed by atoms with E-state index in [1.807, 2.05) is 0 Å². The first-order valence-electron chi connectivity index (χ1n) is 9.24. The Morgan fingerprint density at radius 2 is 2.03 bits per heavy atom. The van der Waals surface area contributed by atoms with Crippen molar-refractivity contribution in [2.45, 2.75) is 24.9 Å². The number of alkyl halides is 3. The van der Waals surface area contributed by atoms with Crippen LogP contribution in [0.2, 0.25) is 5.02 Å². The molecule has 0 spiro atoms. The third kappa shape index (κ3) is 3.69. The largest absolute Gasteiger partial charge is 0.465 e. The van der Waals surface area contributed by atoms with Gasteiger partial charge in [-0.2, -0.15) is 13.2 Å². The van der Waals surface area contributed by atoms with Crippen LogP contribution in [0, 0.1) is 0 Å². The number of ether oxygens (including phenoxy) is 1. The molecule has 4 rings (SSSR count). The fraction of sp³-hybridized carbons (Fsp3) is 0.350. The summed E-state index contributed by atoms with van der Waals surface area (Å²) in [6.07, 6.45) is -1.85. The third-order valence-electron chi connectivity index (χ3n) is 5.26. The Morgan fingerprint density at radius 3 is 2.67 bits per heavy atom. The van der Waals surface area contributed by atoms with E-state index >= 15 is 0 Å². The lowest BCUT2D eigenvalue weighted by Gasteiger charge is -2.32. The van der Waals surface area contributed by atoms with Crippen LogP contribution in [-0.2, 0) is 10.9 Å². The Kier molecular flexibility index (Phi) is 5.31. The van der Waals surface area contributed by atoms with E-state index in [0.717, 1.165) is 6.07 Å². The lowest BCUT2D eigenvalue weighted by molar-refractivity contribution is -0.136. The zero-order chi connectivity index (χ0) is 21.5. The molecule has 3 heterocycles. The standard InChI is InChI=1S/C20H17ClF3N3O3/c1-29-19(28)12-9-14(21)17(25-10-12)11-5-7-27(8-6-11)18-16-13(20(22,23)24)3-2-4-15(16)30-26-18/h2-4,9-11H,5-8H2,1H3. The van der Waals surface area contributed by atoms with Crippen molar-refractivity contribution in [1.82, 2.24) is 10.1 Å². The molecule has 1 aromatic carbocycles. The second-order valence-corrected chi connectivity index (χ2v) is 7.43. The molecule has 1 saturated heterocycles. The number of rotatable bonds is 3. The highest BCUT2D eigenvalue weighted by molar-refractivity contribution is 6.31. The molecule has 0 aliphatic carbocycles. The molecule has 30 heavy (non-hydrogen) atoms. The lowest BCUT2D eigenvalue weighted by atomic mass is 9.92. The summed E-state index contributed by atoms with van der Waals surface area (Å²) in [5, 5.41) is 4.24. The van der Waals surface area contributed by atoms with Crippen molar-refractivity contribution >= 4 is 34.4 Å². The number of piperidine rings is 1. The molecule has 158 valence electrons. The molecular weight excluding hydrogens is 423 g/mol. The van der Waals surface area contributed by atoms with Crippen LogP contribution in [0.3, 0.4) is 0 Å². The minimum atomic E-state index is -4.50. The summed E-state index contributed by atoms with van der Waals surface area (Å²) in [7, 11) is 1.28. The van der Waals surface area contributed by atoms with Crippen molar-refractivity contribution in [2.24, 2.45) is 0 Å². The quantitative estimate of drug-likeness (QED) is 0.531. The predicted octanol–water partition coefficient (Wildman–Crippen LogP) is 5.07. The second kappa shape index (κ2) is 7.79. The van der Waals surface area contributed by atoms with Gasteiger partial charge in [0.2, 0.25) is 0 Å². The Bertz CT molecular complexity index is 1090. The van der Waals surface area contributed by atoms with Gasteiger partial charge in [-0.05, 0) is 31.0 Å². The van der Waals surface area contributed by atoms with E-state index in [1.54, 1.807) is 4.90 Å². The molecule has 2 aromatic heterocycles. The van der Waals surface area contributed by atoms with Crippen molar-refractivity contribution in [1.29, 1.82) is 0 Å². The van der Waals surface area contributed by atoms with Gasteiger partial charge in [-0.15, -0.1) is 0 Å². The van der Waals surface area contributed by atoms with E-state index in [4.69, 9.17) is 16.1 Å². The summed E-state index contributed by atoms with van der Waals surface area (Å²) in [5.74, 6) is -0.318. The highest BCUT2D eigenvalue weighted by Gasteiger charge is 2.36. The van der Waals surface area contributed by atoms with Crippen LogP contribution < -0.4 is 4.90 Å². The summed E-state index contributed by atoms with van der Waals surface area (Å²) in [6, 6.07) is 5.32. The van der Waals surface area contributed by atoms with Crippen molar-refractivity contribution in [3.63, 3.8) is 0 Å². The number of hydrogen-bond acceptors (Lipinski definition) is 6. The Labute approximate surface area is 174 Å². The van der Waals surface area contributed by atoms with Gasteiger partial charge in [0.05, 0.1) is 34.3 Å². The number of esters is 1. The maximum atomic E-state index is 13.4. The van der Waals surface area contributed by atoms with Crippen LogP contribution in [0.25, 0.3) is 11.0 Å². The topological polar surface area (TPSA) is 68.5 Å². The van der Waals surface area contributed by atoms with Gasteiger partial charge in [0.1, 0.15) is 0 Å². The number of fused-ring (bicyclic) bond motifs is 1. The molecule has 6 nitrogen and oxygen atoms in total. The highest BCUT2D eigenvalue weighted by atomic mass is 35.5. The van der Waals surface area contributed by atoms with Gasteiger partial charge >= 0.3 is 12.1 Å². The number of benzene rings is 1. The van der Waals surface area contributed by atoms with Gasteiger partial charge in [0.15, 0.2) is 11.4 Å². The van der Waals surface area contributed by atoms with Crippen LogP contribution in [0.5, 0.6) is 0 Å². The van der Waals surface area contributed by atoms with Gasteiger partial charge in [-0.1, -0.05) is 22.8 Å². The Morgan fingerprint density at radius 1 is 1.30 bits per heavy atom. The van der Waals surface area contributed by atoms with Gasteiger partial charge < -0.3 is 14.2 Å². The normalized spacial score (nSPS) is 15.6. The zero-order valence-electron chi connectivity index (χ0n) is 15.9. The fourth-order valence-corrected chi connectivity index (χ4v) is 4.09. The zero-order valence-corrected chi connectivity index (χ0v) is 16.6. The maximum Gasteiger partial charge on any atom is 0.417 e. The number of halogens is 4. The number of anilines is 1. The Hall–Kier alpha value is -2.81. The average molecular weight is 440 g/mol. The molecule has 0 N–H and O–H groups in total. The minimum absolute atomic E-state index is 0.0145. The Balaban J connectivity index is 1.55. The number of methoxy groups -OCH3 is 1. The molecule has 0 amide bonds. The van der Waals surface area contributed by atoms with Crippen molar-refractivity contribution < 1.29 is 27.2 Å². The predicted molar refractivity (Wildman–Crippen MR) is 104 cm³/mol. The molecule has 0 saturated carbocycles. The summed E-state index contributed by atoms with van der Waals surface area (Å²) < 4.78 is 50.1. The first-order chi connectivity index (χ1) is 14.3. The molecule has 0 bridgehead atoms. The van der Waals surface area contributed by atoms with E-state index < -0.39 is 17.7 Å². The summed E-state index contributed by atoms with van der Waals surface area (Å²) in [6.45, 7) is 0.935. The molecule has 0 atom stereocenters. The number of carbonyl (C=O) groups excluding carboxylic acids is 1. The molecular formula is C20H17ClF3N3O3. The fourth-order valence-electron chi connectivity index (χ4n) is 3.77. The molecule has 0 unspecified atom stereocenters. The molecule has 1 aliphatic heterocycles. The van der Waals surface area contributed by atoms with E-state index in [2.05, 4.69) is 14.9 Å². The van der Waals surface area contributed by atoms with Crippen molar-refractivity contribution in [2.75, 3.05) is 25.1 Å². The number of nitrogens with zero attached hydrogens (tertiary/aromatic N) is 3. The SMILES string of the molecule is COC(=O)c1cnc(C2CCN(c3noc4cccc(C(F)(F)F)c34)CC2)c(Cl)c1. The number of pyridine rings is 1. The van der Waals surface area contributed by atoms with Crippen molar-refractivity contribution in [3.8, 4) is 0 Å². The van der Waals surface area contributed by atoms with E-state index in [0.29, 0.717) is 36.6 Å². The summed E-state index contributed by atoms with van der Waals surface area (Å²) >= 11 is 6.31. The molecule has 10 heteroatoms. The monoisotopic (exact) mass is 439 g/mol. The van der Waals surface area contributed by atoms with E-state index in [1.165, 1.54) is 31.5 Å². The second-order valence-electron chi connectivity index (χ2n) is 7.03. The van der Waals surface area contributed by atoms with Crippen LogP contribution >= 0.6 is 11.6 Å². The van der Waals surface area contributed by atoms with Gasteiger partial charge in [0, 0.05) is 25.2 Å². The number of aromatic nitrogens is 2. The molecule has 0 radical (unpaired) electrons. The lowest BCUT2D eigenvalue weighted by Crippen LogP contribution is -2.33. The molecule has 1 aliphatic rings. The highest BCUT2D eigenvalue weighted by Crippen LogP contribution is 2.41. The minimum Gasteiger partial charge on any atom is -0.465 e. The first kappa shape index (κ1) is 20.5. The van der Waals surface area contributed by atoms with Crippen LogP contribution in [0.4, 0.5) is 19.0 Å². The van der Waals surface area contributed by atoms with Crippen LogP contribution in [-0.4, -0.2) is 36.3 Å². The smallest absolute Gasteiger partial charge is 0.417 e. The summed E-state index contributed by atoms with van der Waals surface area (Å²) in [5.41, 5.74) is 0.258. The molecule has 3 aromatic rings. The first-order valence-corrected chi connectivity index (χ1v) is 9.61. The number of carbonyl (C=O) groups is 1.